The number of aryl methyl sites for hydroxylation is 1. The second kappa shape index (κ2) is 5.29. The Balaban J connectivity index is 2.22. The lowest BCUT2D eigenvalue weighted by atomic mass is 9.82. The lowest BCUT2D eigenvalue weighted by Gasteiger charge is -2.35. The second-order valence-electron chi connectivity index (χ2n) is 5.55. The predicted octanol–water partition coefficient (Wildman–Crippen LogP) is 2.54. The monoisotopic (exact) mass is 265 g/mol. The van der Waals surface area contributed by atoms with Gasteiger partial charge < -0.3 is 10.0 Å². The number of nitrogens with zero attached hydrogens (tertiary/aromatic N) is 1. The average molecular weight is 265 g/mol. The molecule has 19 heavy (non-hydrogen) atoms. The molecule has 1 aliphatic carbocycles. The van der Waals surface area contributed by atoms with Gasteiger partial charge in [-0.15, -0.1) is 0 Å². The van der Waals surface area contributed by atoms with Crippen molar-refractivity contribution in [3.63, 3.8) is 0 Å². The summed E-state index contributed by atoms with van der Waals surface area (Å²) < 4.78 is 13.6. The molecule has 1 aromatic rings. The molecule has 2 rings (SSSR count). The van der Waals surface area contributed by atoms with Crippen molar-refractivity contribution in [2.75, 3.05) is 18.5 Å². The first-order valence-electron chi connectivity index (χ1n) is 6.58. The molecule has 0 unspecified atom stereocenters. The van der Waals surface area contributed by atoms with E-state index in [0.717, 1.165) is 25.1 Å². The van der Waals surface area contributed by atoms with Crippen LogP contribution in [0.4, 0.5) is 10.1 Å². The number of benzene rings is 1. The zero-order valence-corrected chi connectivity index (χ0v) is 11.6. The molecular weight excluding hydrogens is 245 g/mol. The van der Waals surface area contributed by atoms with Crippen LogP contribution in [-0.2, 0) is 0 Å². The van der Waals surface area contributed by atoms with E-state index in [-0.39, 0.29) is 17.7 Å². The second-order valence-corrected chi connectivity index (χ2v) is 5.55. The molecule has 1 fully saturated rings. The minimum atomic E-state index is -0.346. The molecule has 0 amide bonds. The molecule has 0 bridgehead atoms. The largest absolute Gasteiger partial charge is 0.393 e. The maximum absolute atomic E-state index is 13.6. The Labute approximate surface area is 113 Å². The van der Waals surface area contributed by atoms with Crippen LogP contribution in [-0.4, -0.2) is 30.6 Å². The van der Waals surface area contributed by atoms with E-state index in [1.807, 2.05) is 11.9 Å². The van der Waals surface area contributed by atoms with Crippen LogP contribution in [0, 0.1) is 18.7 Å². The number of Topliss-reactive ketones (excluding diaryl/α,β-unsaturated/α-hetero) is 1. The number of hydrogen-bond acceptors (Lipinski definition) is 3. The van der Waals surface area contributed by atoms with E-state index in [2.05, 4.69) is 0 Å². The highest BCUT2D eigenvalue weighted by Crippen LogP contribution is 2.31. The Morgan fingerprint density at radius 3 is 2.63 bits per heavy atom. The molecule has 3 nitrogen and oxygen atoms in total. The van der Waals surface area contributed by atoms with Crippen LogP contribution in [0.15, 0.2) is 12.1 Å². The number of carbonyl (C=O) groups is 1. The number of rotatable bonds is 4. The fraction of sp³-hybridized carbons (Fsp3) is 0.533. The number of aliphatic hydroxyl groups excluding tert-OH is 1. The lowest BCUT2D eigenvalue weighted by Crippen LogP contribution is -2.37. The van der Waals surface area contributed by atoms with Crippen LogP contribution in [0.25, 0.3) is 0 Å². The van der Waals surface area contributed by atoms with Crippen molar-refractivity contribution in [2.24, 2.45) is 5.92 Å². The fourth-order valence-corrected chi connectivity index (χ4v) is 2.60. The summed E-state index contributed by atoms with van der Waals surface area (Å²) in [6.07, 6.45) is 1.43. The number of hydrogen-bond donors (Lipinski definition) is 1. The molecule has 4 heteroatoms. The molecule has 0 spiro atoms. The van der Waals surface area contributed by atoms with Gasteiger partial charge in [-0.25, -0.2) is 4.39 Å². The summed E-state index contributed by atoms with van der Waals surface area (Å²) >= 11 is 0. The van der Waals surface area contributed by atoms with E-state index in [0.29, 0.717) is 17.0 Å². The van der Waals surface area contributed by atoms with Gasteiger partial charge in [-0.3, -0.25) is 4.79 Å². The highest BCUT2D eigenvalue weighted by atomic mass is 19.1. The number of aliphatic hydroxyl groups is 1. The molecule has 1 saturated carbocycles. The highest BCUT2D eigenvalue weighted by Gasteiger charge is 2.28. The molecule has 0 aromatic heterocycles. The third-order valence-electron chi connectivity index (χ3n) is 3.81. The van der Waals surface area contributed by atoms with Gasteiger partial charge in [-0.1, -0.05) is 0 Å². The van der Waals surface area contributed by atoms with Gasteiger partial charge >= 0.3 is 0 Å². The van der Waals surface area contributed by atoms with Crippen molar-refractivity contribution >= 4 is 11.5 Å². The maximum atomic E-state index is 13.6. The van der Waals surface area contributed by atoms with Crippen molar-refractivity contribution in [2.45, 2.75) is 32.8 Å². The summed E-state index contributed by atoms with van der Waals surface area (Å²) in [5, 5.41) is 9.30. The van der Waals surface area contributed by atoms with E-state index in [1.165, 1.54) is 13.0 Å². The summed E-state index contributed by atoms with van der Waals surface area (Å²) in [5.41, 5.74) is 1.73. The van der Waals surface area contributed by atoms with E-state index in [9.17, 15) is 14.3 Å². The molecule has 1 aliphatic rings. The molecule has 1 N–H and O–H groups in total. The third-order valence-corrected chi connectivity index (χ3v) is 3.81. The van der Waals surface area contributed by atoms with Gasteiger partial charge in [-0.2, -0.15) is 0 Å². The van der Waals surface area contributed by atoms with Gasteiger partial charge in [0.15, 0.2) is 5.78 Å². The minimum Gasteiger partial charge on any atom is -0.393 e. The Bertz CT molecular complexity index is 495. The van der Waals surface area contributed by atoms with Gasteiger partial charge in [0.2, 0.25) is 0 Å². The van der Waals surface area contributed by atoms with E-state index in [1.54, 1.807) is 13.0 Å². The van der Waals surface area contributed by atoms with Crippen LogP contribution in [0.2, 0.25) is 0 Å². The van der Waals surface area contributed by atoms with Gasteiger partial charge in [0, 0.05) is 24.8 Å². The minimum absolute atomic E-state index is 0.130. The molecular formula is C15H20FNO2. The Morgan fingerprint density at radius 2 is 2.11 bits per heavy atom. The molecule has 104 valence electrons. The Kier molecular flexibility index (Phi) is 3.90. The van der Waals surface area contributed by atoms with E-state index >= 15 is 0 Å². The first kappa shape index (κ1) is 14.0. The van der Waals surface area contributed by atoms with Gasteiger partial charge in [0.25, 0.3) is 0 Å². The van der Waals surface area contributed by atoms with Crippen LogP contribution in [0.1, 0.15) is 35.7 Å². The van der Waals surface area contributed by atoms with Crippen LogP contribution >= 0.6 is 0 Å². The van der Waals surface area contributed by atoms with Crippen LogP contribution in [0.3, 0.4) is 0 Å². The smallest absolute Gasteiger partial charge is 0.161 e. The molecule has 0 saturated heterocycles. The van der Waals surface area contributed by atoms with Crippen molar-refractivity contribution < 1.29 is 14.3 Å². The summed E-state index contributed by atoms with van der Waals surface area (Å²) in [5.74, 6) is -0.0269. The Hall–Kier alpha value is -1.42. The third kappa shape index (κ3) is 2.95. The van der Waals surface area contributed by atoms with Crippen molar-refractivity contribution in [1.29, 1.82) is 0 Å². The topological polar surface area (TPSA) is 40.5 Å². The summed E-state index contributed by atoms with van der Waals surface area (Å²) in [6, 6.07) is 3.04. The van der Waals surface area contributed by atoms with Crippen LogP contribution in [0.5, 0.6) is 0 Å². The van der Waals surface area contributed by atoms with Gasteiger partial charge in [-0.05, 0) is 50.3 Å². The normalized spacial score (nSPS) is 21.9. The molecule has 0 atom stereocenters. The SMILES string of the molecule is CC(=O)c1cc(F)c(C)cc1N(C)CC1CC(O)C1. The predicted molar refractivity (Wildman–Crippen MR) is 73.1 cm³/mol. The maximum Gasteiger partial charge on any atom is 0.161 e. The first-order chi connectivity index (χ1) is 8.88. The quantitative estimate of drug-likeness (QED) is 0.851. The summed E-state index contributed by atoms with van der Waals surface area (Å²) in [7, 11) is 1.91. The van der Waals surface area contributed by atoms with Crippen molar-refractivity contribution in [3.8, 4) is 0 Å². The first-order valence-corrected chi connectivity index (χ1v) is 6.58. The van der Waals surface area contributed by atoms with Crippen molar-refractivity contribution in [1.82, 2.24) is 0 Å². The molecule has 0 heterocycles. The zero-order chi connectivity index (χ0) is 14.2. The molecule has 1 aromatic carbocycles. The zero-order valence-electron chi connectivity index (χ0n) is 11.6. The summed E-state index contributed by atoms with van der Waals surface area (Å²) in [6.45, 7) is 3.93. The van der Waals surface area contributed by atoms with Crippen molar-refractivity contribution in [3.05, 3.63) is 29.1 Å². The van der Waals surface area contributed by atoms with Gasteiger partial charge in [0.05, 0.1) is 6.10 Å². The fourth-order valence-electron chi connectivity index (χ4n) is 2.60. The number of carbonyl (C=O) groups excluding carboxylic acids is 1. The van der Waals surface area contributed by atoms with E-state index < -0.39 is 0 Å². The number of halogens is 1. The highest BCUT2D eigenvalue weighted by molar-refractivity contribution is 5.99. The van der Waals surface area contributed by atoms with Gasteiger partial charge in [0.1, 0.15) is 5.82 Å². The number of anilines is 1. The summed E-state index contributed by atoms with van der Waals surface area (Å²) in [4.78, 5) is 13.6. The standard InChI is InChI=1S/C15H20FNO2/c1-9-4-15(13(10(2)18)7-14(9)16)17(3)8-11-5-12(19)6-11/h4,7,11-12,19H,5-6,8H2,1-3H3. The number of ketones is 1. The lowest BCUT2D eigenvalue weighted by molar-refractivity contribution is 0.0464. The molecule has 0 radical (unpaired) electrons. The van der Waals surface area contributed by atoms with Crippen LogP contribution < -0.4 is 4.90 Å². The van der Waals surface area contributed by atoms with E-state index in [4.69, 9.17) is 0 Å². The molecule has 0 aliphatic heterocycles. The Morgan fingerprint density at radius 1 is 1.47 bits per heavy atom. The average Bonchev–Trinajstić information content (AvgIpc) is 2.29.